The van der Waals surface area contributed by atoms with Gasteiger partial charge in [0.1, 0.15) is 0 Å². The largest absolute Gasteiger partial charge is 0.317 e. The van der Waals surface area contributed by atoms with Crippen LogP contribution in [0.5, 0.6) is 0 Å². The fourth-order valence-corrected chi connectivity index (χ4v) is 3.09. The number of rotatable bonds is 12. The van der Waals surface area contributed by atoms with Crippen LogP contribution in [-0.4, -0.2) is 43.4 Å². The average molecular weight is 309 g/mol. The molecule has 120 valence electrons. The third kappa shape index (κ3) is 9.18. The summed E-state index contributed by atoms with van der Waals surface area (Å²) in [6.07, 6.45) is 3.75. The molecule has 0 amide bonds. The van der Waals surface area contributed by atoms with Gasteiger partial charge in [0.25, 0.3) is 0 Å². The van der Waals surface area contributed by atoms with Crippen LogP contribution in [0.3, 0.4) is 0 Å². The molecule has 21 heavy (non-hydrogen) atoms. The molecule has 3 heteroatoms. The van der Waals surface area contributed by atoms with Crippen LogP contribution in [0, 0.1) is 0 Å². The van der Waals surface area contributed by atoms with Gasteiger partial charge >= 0.3 is 0 Å². The summed E-state index contributed by atoms with van der Waals surface area (Å²) in [5.74, 6) is 2.38. The Morgan fingerprint density at radius 1 is 1.14 bits per heavy atom. The zero-order chi connectivity index (χ0) is 15.3. The van der Waals surface area contributed by atoms with Crippen LogP contribution in [0.15, 0.2) is 30.3 Å². The summed E-state index contributed by atoms with van der Waals surface area (Å²) in [7, 11) is 2.23. The Balaban J connectivity index is 1.87. The summed E-state index contributed by atoms with van der Waals surface area (Å²) in [4.78, 5) is 2.46. The normalized spacial score (nSPS) is 12.8. The molecule has 0 saturated heterocycles. The molecule has 0 saturated carbocycles. The first-order chi connectivity index (χ1) is 10.2. The number of nitrogens with zero attached hydrogens (tertiary/aromatic N) is 1. The molecular formula is C18H32N2S. The van der Waals surface area contributed by atoms with Crippen LogP contribution in [0.1, 0.15) is 38.7 Å². The maximum atomic E-state index is 3.56. The predicted octanol–water partition coefficient (Wildman–Crippen LogP) is 4.02. The summed E-state index contributed by atoms with van der Waals surface area (Å²) in [6, 6.07) is 11.4. The van der Waals surface area contributed by atoms with E-state index in [1.165, 1.54) is 37.1 Å². The highest BCUT2D eigenvalue weighted by Gasteiger charge is 2.04. The fraction of sp³-hybridized carbons (Fsp3) is 0.667. The van der Waals surface area contributed by atoms with Crippen LogP contribution in [-0.2, 0) is 5.75 Å². The summed E-state index contributed by atoms with van der Waals surface area (Å²) >= 11 is 2.03. The van der Waals surface area contributed by atoms with Gasteiger partial charge in [-0.15, -0.1) is 0 Å². The summed E-state index contributed by atoms with van der Waals surface area (Å²) < 4.78 is 0. The van der Waals surface area contributed by atoms with Crippen LogP contribution in [0.4, 0.5) is 0 Å². The molecule has 1 aromatic rings. The molecule has 0 fully saturated rings. The van der Waals surface area contributed by atoms with Crippen molar-refractivity contribution < 1.29 is 0 Å². The molecule has 1 rings (SSSR count). The summed E-state index contributed by atoms with van der Waals surface area (Å²) in [6.45, 7) is 8.05. The van der Waals surface area contributed by atoms with E-state index in [1.807, 2.05) is 11.8 Å². The molecular weight excluding hydrogens is 276 g/mol. The van der Waals surface area contributed by atoms with Crippen molar-refractivity contribution in [2.45, 2.75) is 44.9 Å². The number of nitrogens with one attached hydrogen (secondary N) is 1. The lowest BCUT2D eigenvalue weighted by Gasteiger charge is -2.23. The van der Waals surface area contributed by atoms with Gasteiger partial charge in [-0.2, -0.15) is 11.8 Å². The first-order valence-corrected chi connectivity index (χ1v) is 9.42. The van der Waals surface area contributed by atoms with E-state index in [1.54, 1.807) is 0 Å². The van der Waals surface area contributed by atoms with Gasteiger partial charge in [-0.05, 0) is 64.2 Å². The van der Waals surface area contributed by atoms with Crippen LogP contribution >= 0.6 is 11.8 Å². The smallest absolute Gasteiger partial charge is 0.0184 e. The number of hydrogen-bond donors (Lipinski definition) is 1. The van der Waals surface area contributed by atoms with E-state index < -0.39 is 0 Å². The monoisotopic (exact) mass is 308 g/mol. The first kappa shape index (κ1) is 18.5. The molecule has 0 radical (unpaired) electrons. The number of thioether (sulfide) groups is 1. The van der Waals surface area contributed by atoms with Crippen molar-refractivity contribution in [2.75, 3.05) is 32.4 Å². The van der Waals surface area contributed by atoms with E-state index in [-0.39, 0.29) is 0 Å². The van der Waals surface area contributed by atoms with Gasteiger partial charge in [-0.1, -0.05) is 37.3 Å². The topological polar surface area (TPSA) is 15.3 Å². The van der Waals surface area contributed by atoms with E-state index in [0.29, 0.717) is 6.04 Å². The van der Waals surface area contributed by atoms with Gasteiger partial charge in [-0.3, -0.25) is 0 Å². The standard InChI is InChI=1S/C18H32N2S/c1-4-17(2)20(3)14-8-12-19-13-9-15-21-16-18-10-6-5-7-11-18/h5-7,10-11,17,19H,4,8-9,12-16H2,1-3H3. The zero-order valence-corrected chi connectivity index (χ0v) is 14.8. The van der Waals surface area contributed by atoms with E-state index >= 15 is 0 Å². The Hall–Kier alpha value is -0.510. The van der Waals surface area contributed by atoms with Gasteiger partial charge in [-0.25, -0.2) is 0 Å². The lowest BCUT2D eigenvalue weighted by atomic mass is 10.2. The zero-order valence-electron chi connectivity index (χ0n) is 14.0. The van der Waals surface area contributed by atoms with E-state index in [4.69, 9.17) is 0 Å². The van der Waals surface area contributed by atoms with Crippen molar-refractivity contribution in [1.82, 2.24) is 10.2 Å². The highest BCUT2D eigenvalue weighted by molar-refractivity contribution is 7.98. The number of benzene rings is 1. The molecule has 1 aromatic carbocycles. The molecule has 0 aliphatic rings. The van der Waals surface area contributed by atoms with E-state index in [9.17, 15) is 0 Å². The lowest BCUT2D eigenvalue weighted by molar-refractivity contribution is 0.248. The lowest BCUT2D eigenvalue weighted by Crippen LogP contribution is -2.31. The van der Waals surface area contributed by atoms with Crippen molar-refractivity contribution in [1.29, 1.82) is 0 Å². The predicted molar refractivity (Wildman–Crippen MR) is 97.1 cm³/mol. The molecule has 1 N–H and O–H groups in total. The van der Waals surface area contributed by atoms with Crippen molar-refractivity contribution in [2.24, 2.45) is 0 Å². The molecule has 0 heterocycles. The minimum atomic E-state index is 0.708. The minimum absolute atomic E-state index is 0.708. The van der Waals surface area contributed by atoms with E-state index in [0.717, 1.165) is 18.8 Å². The summed E-state index contributed by atoms with van der Waals surface area (Å²) in [5, 5.41) is 3.56. The van der Waals surface area contributed by atoms with Crippen molar-refractivity contribution in [3.8, 4) is 0 Å². The second kappa shape index (κ2) is 12.1. The van der Waals surface area contributed by atoms with Crippen molar-refractivity contribution in [3.63, 3.8) is 0 Å². The molecule has 0 bridgehead atoms. The highest BCUT2D eigenvalue weighted by atomic mass is 32.2. The second-order valence-corrected chi connectivity index (χ2v) is 6.84. The van der Waals surface area contributed by atoms with Gasteiger partial charge in [0.2, 0.25) is 0 Å². The Labute approximate surface area is 135 Å². The Bertz CT molecular complexity index is 342. The van der Waals surface area contributed by atoms with Crippen LogP contribution in [0.2, 0.25) is 0 Å². The maximum Gasteiger partial charge on any atom is 0.0184 e. The van der Waals surface area contributed by atoms with Crippen LogP contribution < -0.4 is 5.32 Å². The molecule has 0 aliphatic heterocycles. The Morgan fingerprint density at radius 2 is 1.86 bits per heavy atom. The quantitative estimate of drug-likeness (QED) is 0.587. The Kier molecular flexibility index (Phi) is 10.7. The van der Waals surface area contributed by atoms with Crippen molar-refractivity contribution >= 4 is 11.8 Å². The minimum Gasteiger partial charge on any atom is -0.317 e. The highest BCUT2D eigenvalue weighted by Crippen LogP contribution is 2.12. The molecule has 0 spiro atoms. The number of hydrogen-bond acceptors (Lipinski definition) is 3. The average Bonchev–Trinajstić information content (AvgIpc) is 2.53. The van der Waals surface area contributed by atoms with Gasteiger partial charge < -0.3 is 10.2 Å². The van der Waals surface area contributed by atoms with Gasteiger partial charge in [0.05, 0.1) is 0 Å². The second-order valence-electron chi connectivity index (χ2n) is 5.73. The van der Waals surface area contributed by atoms with E-state index in [2.05, 4.69) is 61.4 Å². The first-order valence-electron chi connectivity index (χ1n) is 8.26. The maximum absolute atomic E-state index is 3.56. The molecule has 0 aromatic heterocycles. The third-order valence-corrected chi connectivity index (χ3v) is 5.08. The third-order valence-electron chi connectivity index (χ3n) is 3.96. The van der Waals surface area contributed by atoms with Gasteiger partial charge in [0, 0.05) is 11.8 Å². The molecule has 1 unspecified atom stereocenters. The fourth-order valence-electron chi connectivity index (χ4n) is 2.17. The summed E-state index contributed by atoms with van der Waals surface area (Å²) in [5.41, 5.74) is 1.43. The van der Waals surface area contributed by atoms with Crippen LogP contribution in [0.25, 0.3) is 0 Å². The SMILES string of the molecule is CCC(C)N(C)CCCNCCCSCc1ccccc1. The molecule has 1 atom stereocenters. The molecule has 2 nitrogen and oxygen atoms in total. The van der Waals surface area contributed by atoms with Crippen molar-refractivity contribution in [3.05, 3.63) is 35.9 Å². The van der Waals surface area contributed by atoms with Gasteiger partial charge in [0.15, 0.2) is 0 Å². The molecule has 0 aliphatic carbocycles. The Morgan fingerprint density at radius 3 is 2.57 bits per heavy atom.